The first kappa shape index (κ1) is 94.8. The highest BCUT2D eigenvalue weighted by molar-refractivity contribution is 6.05. The van der Waals surface area contributed by atoms with E-state index in [0.29, 0.717) is 12.0 Å². The van der Waals surface area contributed by atoms with Crippen molar-refractivity contribution in [1.29, 1.82) is 0 Å². The van der Waals surface area contributed by atoms with Crippen LogP contribution < -0.4 is 91.6 Å². The molecule has 25 N–H and O–H groups in total. The zero-order valence-corrected chi connectivity index (χ0v) is 62.6. The van der Waals surface area contributed by atoms with Gasteiger partial charge in [-0.15, -0.1) is 0 Å². The van der Waals surface area contributed by atoms with Crippen LogP contribution in [0.15, 0.2) is 54.6 Å². The first-order valence-electron chi connectivity index (χ1n) is 36.1. The fraction of sp³-hybridized carbons (Fsp3) is 0.543. The van der Waals surface area contributed by atoms with Crippen LogP contribution in [0.1, 0.15) is 140 Å². The Labute approximate surface area is 647 Å². The number of hydrogen-bond acceptors (Lipinski definition) is 24. The number of amides is 15. The monoisotopic (exact) mass is 1600 g/mol. The minimum Gasteiger partial charge on any atom is -0.481 e. The molecule has 1 fully saturated rings. The van der Waals surface area contributed by atoms with Gasteiger partial charge in [-0.25, -0.2) is 9.59 Å². The number of ether oxygens (including phenoxy) is 1. The van der Waals surface area contributed by atoms with Crippen LogP contribution in [0.2, 0.25) is 0 Å². The average molecular weight is 1600 g/mol. The number of primary amides is 1. The molecule has 0 saturated carbocycles. The van der Waals surface area contributed by atoms with Crippen molar-refractivity contribution in [1.82, 2.24) is 74.4 Å². The molecule has 10 unspecified atom stereocenters. The van der Waals surface area contributed by atoms with Gasteiger partial charge in [-0.05, 0) is 63.3 Å². The first-order valence-corrected chi connectivity index (χ1v) is 36.1. The predicted molar refractivity (Wildman–Crippen MR) is 392 cm³/mol. The number of carbonyl (C=O) groups excluding carboxylic acids is 16. The van der Waals surface area contributed by atoms with Gasteiger partial charge in [0.25, 0.3) is 0 Å². The number of anilines is 1. The predicted octanol–water partition coefficient (Wildman–Crippen LogP) is -6.31. The summed E-state index contributed by atoms with van der Waals surface area (Å²) < 4.78 is 5.66. The number of benzene rings is 2. The third-order valence-electron chi connectivity index (χ3n) is 17.1. The Morgan fingerprint density at radius 3 is 1.63 bits per heavy atom. The smallest absolute Gasteiger partial charge is 0.329 e. The van der Waals surface area contributed by atoms with Gasteiger partial charge >= 0.3 is 35.9 Å². The van der Waals surface area contributed by atoms with Crippen molar-refractivity contribution in [2.24, 2.45) is 17.4 Å². The zero-order chi connectivity index (χ0) is 84.6. The number of para-hydroxylation sites is 1. The average Bonchev–Trinajstić information content (AvgIpc) is 0.865. The van der Waals surface area contributed by atoms with Crippen LogP contribution in [0, 0.1) is 5.92 Å². The SMILES string of the molecule is CCCCCCCCCNC(=O)N[C@@H](Cc1ccccc1)C(=O)N[C@@H](CC(N)=O)C(=O)N[C@@H](CC(=O)O)C(=O)NC1C(=O)NCC(=O)NC(CCCN)C(=O)NC(CC(=O)O)C(=O)NC(C)C(=O)NC(CC(=O)O)C(=O)NCC(=O)NC(CO)C(=O)NC(C(C)CC(=O)O)C(=O)NC(CC(=O)c2ccccc2N)C(=O)OC1C. The number of aliphatic hydroxyl groups excluding tert-OH is 1. The maximum Gasteiger partial charge on any atom is 0.329 e. The number of aliphatic carboxylic acids is 4. The van der Waals surface area contributed by atoms with E-state index in [-0.39, 0.29) is 37.2 Å². The molecule has 0 bridgehead atoms. The Kier molecular flexibility index (Phi) is 41.1. The number of cyclic esters (lactones) is 1. The Morgan fingerprint density at radius 2 is 1.05 bits per heavy atom. The topological polar surface area (TPSA) is 698 Å². The quantitative estimate of drug-likeness (QED) is 0.0132. The van der Waals surface area contributed by atoms with Crippen LogP contribution in [-0.2, 0) is 97.5 Å². The molecular weight excluding hydrogens is 1490 g/mol. The molecule has 1 aliphatic rings. The third kappa shape index (κ3) is 35.0. The lowest BCUT2D eigenvalue weighted by atomic mass is 9.96. The van der Waals surface area contributed by atoms with Crippen LogP contribution in [0.3, 0.4) is 0 Å². The molecule has 113 heavy (non-hydrogen) atoms. The highest BCUT2D eigenvalue weighted by Crippen LogP contribution is 2.18. The number of urea groups is 1. The molecule has 43 heteroatoms. The fourth-order valence-electron chi connectivity index (χ4n) is 11.0. The molecule has 1 aliphatic heterocycles. The van der Waals surface area contributed by atoms with Gasteiger partial charge in [-0.3, -0.25) is 86.3 Å². The van der Waals surface area contributed by atoms with Gasteiger partial charge in [0, 0.05) is 30.6 Å². The first-order chi connectivity index (χ1) is 53.4. The molecule has 2 aromatic rings. The number of nitrogen functional groups attached to an aromatic ring is 1. The summed E-state index contributed by atoms with van der Waals surface area (Å²) in [6.45, 7) is 1.33. The molecule has 0 radical (unpaired) electrons. The number of esters is 1. The van der Waals surface area contributed by atoms with E-state index in [9.17, 15) is 121 Å². The maximum atomic E-state index is 14.8. The Bertz CT molecular complexity index is 3740. The molecule has 0 aromatic heterocycles. The molecule has 1 heterocycles. The Balaban J connectivity index is 2.27. The third-order valence-corrected chi connectivity index (χ3v) is 17.1. The second-order valence-electron chi connectivity index (χ2n) is 26.5. The maximum absolute atomic E-state index is 14.8. The summed E-state index contributed by atoms with van der Waals surface area (Å²) in [5.74, 6) is -29.2. The van der Waals surface area contributed by atoms with E-state index in [2.05, 4.69) is 65.4 Å². The van der Waals surface area contributed by atoms with Crippen LogP contribution in [0.5, 0.6) is 0 Å². The van der Waals surface area contributed by atoms with Crippen molar-refractivity contribution >= 4 is 124 Å². The minimum absolute atomic E-state index is 0.0933. The van der Waals surface area contributed by atoms with Gasteiger partial charge in [0.15, 0.2) is 5.78 Å². The van der Waals surface area contributed by atoms with Crippen LogP contribution in [-0.4, -0.2) is 249 Å². The Hall–Kier alpha value is -12.4. The van der Waals surface area contributed by atoms with E-state index >= 15 is 0 Å². The van der Waals surface area contributed by atoms with E-state index in [1.54, 1.807) is 30.3 Å². The minimum atomic E-state index is -2.45. The molecule has 43 nitrogen and oxygen atoms in total. The number of carboxylic acids is 4. The number of hydrogen-bond donors (Lipinski definition) is 22. The highest BCUT2D eigenvalue weighted by atomic mass is 16.5. The molecule has 3 rings (SSSR count). The molecule has 1 saturated heterocycles. The molecule has 15 amide bonds. The summed E-state index contributed by atoms with van der Waals surface area (Å²) in [6, 6.07) is -10.1. The standard InChI is InChI=1S/C70H101N17O26/c1-5-6-7-8-9-10-16-24-74-70(112)85-42(26-38-18-12-11-13-19-38)63(105)81-43(28-50(73)90)64(106)83-46(31-56(99)100)65(107)87-58-37(4)113-69(111)47(27-49(89)39-20-14-15-21-40(39)72)84-68(110)57(35(2)25-53(93)94)86-66(108)48(34-88)79-52(92)32-75-60(102)44(29-54(95)96)80-59(101)36(3)77-62(104)45(30-55(97)98)82-61(103)41(22-17-23-71)78-51(91)33-76-67(58)109/h11-15,18-21,35-37,41-48,57-58,88H,5-10,16-17,22-34,71-72H2,1-4H3,(H2,73,90)(H,75,102)(H,76,109)(H,77,104)(H,78,91)(H,79,92)(H,80,101)(H,81,105)(H,82,103)(H,83,106)(H,84,110)(H,86,108)(H,87,107)(H,93,94)(H,95,96)(H,97,98)(H,99,100)(H2,74,85,112)/t35?,36?,37?,41?,42-,43-,44?,45?,46-,47?,48?,57?,58?/m0/s1. The van der Waals surface area contributed by atoms with Crippen LogP contribution in [0.4, 0.5) is 10.5 Å². The summed E-state index contributed by atoms with van der Waals surface area (Å²) in [7, 11) is 0. The zero-order valence-electron chi connectivity index (χ0n) is 62.6. The van der Waals surface area contributed by atoms with Gasteiger partial charge < -0.3 is 122 Å². The van der Waals surface area contributed by atoms with E-state index in [1.807, 2.05) is 16.0 Å². The van der Waals surface area contributed by atoms with Gasteiger partial charge in [0.1, 0.15) is 72.6 Å². The normalized spacial score (nSPS) is 21.2. The number of carbonyl (C=O) groups is 20. The highest BCUT2D eigenvalue weighted by Gasteiger charge is 2.41. The number of nitrogens with two attached hydrogens (primary N) is 3. The number of unbranched alkanes of at least 4 members (excludes halogenated alkanes) is 6. The molecule has 622 valence electrons. The summed E-state index contributed by atoms with van der Waals surface area (Å²) in [5.41, 5.74) is 17.3. The summed E-state index contributed by atoms with van der Waals surface area (Å²) >= 11 is 0. The number of nitrogens with one attached hydrogen (secondary N) is 14. The number of rotatable bonds is 35. The second kappa shape index (κ2) is 49.0. The number of Topliss-reactive ketones (excluding diaryl/α,β-unsaturated/α-hetero) is 1. The van der Waals surface area contributed by atoms with E-state index in [0.717, 1.165) is 59.3 Å². The van der Waals surface area contributed by atoms with E-state index in [4.69, 9.17) is 21.9 Å². The number of ketones is 1. The van der Waals surface area contributed by atoms with Crippen molar-refractivity contribution in [2.45, 2.75) is 203 Å². The number of aliphatic hydroxyl groups is 1. The van der Waals surface area contributed by atoms with E-state index in [1.165, 1.54) is 24.3 Å². The van der Waals surface area contributed by atoms with Crippen LogP contribution >= 0.6 is 0 Å². The molecule has 0 spiro atoms. The van der Waals surface area contributed by atoms with Gasteiger partial charge in [-0.1, -0.05) is 94.8 Å². The Morgan fingerprint density at radius 1 is 0.531 bits per heavy atom. The molecule has 0 aliphatic carbocycles. The second-order valence-corrected chi connectivity index (χ2v) is 26.5. The summed E-state index contributed by atoms with van der Waals surface area (Å²) in [4.78, 5) is 272. The molecule has 2 aromatic carbocycles. The van der Waals surface area contributed by atoms with Crippen molar-refractivity contribution in [3.05, 3.63) is 65.7 Å². The number of carboxylic acid groups (broad SMARTS) is 4. The van der Waals surface area contributed by atoms with Crippen molar-refractivity contribution in [3.8, 4) is 0 Å². The van der Waals surface area contributed by atoms with Crippen molar-refractivity contribution in [3.63, 3.8) is 0 Å². The molecular formula is C70H101N17O26. The largest absolute Gasteiger partial charge is 0.481 e. The lowest BCUT2D eigenvalue weighted by Gasteiger charge is -2.30. The van der Waals surface area contributed by atoms with Crippen LogP contribution in [0.25, 0.3) is 0 Å². The summed E-state index contributed by atoms with van der Waals surface area (Å²) in [5, 5.41) is 80.3. The lowest BCUT2D eigenvalue weighted by molar-refractivity contribution is -0.156. The lowest BCUT2D eigenvalue weighted by Crippen LogP contribution is -2.62. The van der Waals surface area contributed by atoms with E-state index < -0.39 is 262 Å². The van der Waals surface area contributed by atoms with Crippen molar-refractivity contribution < 1.29 is 126 Å². The van der Waals surface area contributed by atoms with Gasteiger partial charge in [0.2, 0.25) is 76.8 Å². The van der Waals surface area contributed by atoms with Crippen molar-refractivity contribution in [2.75, 3.05) is 38.5 Å². The van der Waals surface area contributed by atoms with Gasteiger partial charge in [0.05, 0.1) is 51.8 Å². The molecule has 13 atom stereocenters. The summed E-state index contributed by atoms with van der Waals surface area (Å²) in [6.07, 6.45) is -3.41. The van der Waals surface area contributed by atoms with Gasteiger partial charge in [-0.2, -0.15) is 0 Å². The fourth-order valence-corrected chi connectivity index (χ4v) is 11.0.